The van der Waals surface area contributed by atoms with Crippen molar-refractivity contribution in [2.75, 3.05) is 0 Å². The number of benzene rings is 2. The highest BCUT2D eigenvalue weighted by atomic mass is 79.9. The number of aryl methyl sites for hydroxylation is 2. The molecule has 110 valence electrons. The number of nitro benzene ring substituents is 1. The second-order valence-corrected chi connectivity index (χ2v) is 5.47. The van der Waals surface area contributed by atoms with Crippen molar-refractivity contribution >= 4 is 21.6 Å². The molecule has 0 fully saturated rings. The van der Waals surface area contributed by atoms with Crippen molar-refractivity contribution in [3.05, 3.63) is 68.8 Å². The quantitative estimate of drug-likeness (QED) is 0.447. The molecule has 0 aliphatic carbocycles. The van der Waals surface area contributed by atoms with Crippen LogP contribution in [-0.4, -0.2) is 4.92 Å². The molecule has 2 aromatic rings. The fourth-order valence-electron chi connectivity index (χ4n) is 2.21. The lowest BCUT2D eigenvalue weighted by Gasteiger charge is -2.13. The zero-order valence-electron chi connectivity index (χ0n) is 11.9. The Labute approximate surface area is 132 Å². The molecule has 2 rings (SSSR count). The van der Waals surface area contributed by atoms with Crippen LogP contribution in [-0.2, 0) is 11.9 Å². The fraction of sp³-hybridized carbons (Fsp3) is 0.250. The highest BCUT2D eigenvalue weighted by Gasteiger charge is 2.08. The van der Waals surface area contributed by atoms with Crippen LogP contribution in [0.1, 0.15) is 22.3 Å². The maximum atomic E-state index is 10.6. The van der Waals surface area contributed by atoms with Crippen LogP contribution in [0.15, 0.2) is 36.4 Å². The Bertz CT molecular complexity index is 630. The molecular weight excluding hydrogens is 334 g/mol. The summed E-state index contributed by atoms with van der Waals surface area (Å²) >= 11 is 3.45. The van der Waals surface area contributed by atoms with Crippen LogP contribution < -0.4 is 4.74 Å². The summed E-state index contributed by atoms with van der Waals surface area (Å²) < 4.78 is 5.87. The highest BCUT2D eigenvalue weighted by molar-refractivity contribution is 9.08. The van der Waals surface area contributed by atoms with Crippen molar-refractivity contribution in [2.24, 2.45) is 0 Å². The third kappa shape index (κ3) is 3.82. The molecule has 4 nitrogen and oxygen atoms in total. The standard InChI is InChI=1S/C16H16BrNO3/c1-11-7-14(9-17)8-12(2)16(11)21-10-13-3-5-15(6-4-13)18(19)20/h3-8H,9-10H2,1-2H3. The lowest BCUT2D eigenvalue weighted by atomic mass is 10.1. The van der Waals surface area contributed by atoms with E-state index in [0.29, 0.717) is 6.61 Å². The lowest BCUT2D eigenvalue weighted by Crippen LogP contribution is -2.00. The number of hydrogen-bond donors (Lipinski definition) is 0. The average molecular weight is 350 g/mol. The van der Waals surface area contributed by atoms with E-state index < -0.39 is 4.92 Å². The van der Waals surface area contributed by atoms with Crippen molar-refractivity contribution in [1.82, 2.24) is 0 Å². The third-order valence-corrected chi connectivity index (χ3v) is 3.85. The number of rotatable bonds is 5. The first-order chi connectivity index (χ1) is 10.0. The first-order valence-electron chi connectivity index (χ1n) is 6.53. The van der Waals surface area contributed by atoms with Gasteiger partial charge in [0.25, 0.3) is 5.69 Å². The number of nitrogens with zero attached hydrogens (tertiary/aromatic N) is 1. The van der Waals surface area contributed by atoms with Gasteiger partial charge in [0.05, 0.1) is 4.92 Å². The molecule has 0 bridgehead atoms. The first kappa shape index (κ1) is 15.5. The first-order valence-corrected chi connectivity index (χ1v) is 7.65. The van der Waals surface area contributed by atoms with Crippen LogP contribution in [0.3, 0.4) is 0 Å². The molecule has 0 saturated heterocycles. The van der Waals surface area contributed by atoms with Gasteiger partial charge in [0.15, 0.2) is 0 Å². The maximum absolute atomic E-state index is 10.6. The Hall–Kier alpha value is -1.88. The predicted octanol–water partition coefficient (Wildman–Crippen LogP) is 4.69. The minimum absolute atomic E-state index is 0.0905. The van der Waals surface area contributed by atoms with Crippen molar-refractivity contribution in [3.63, 3.8) is 0 Å². The van der Waals surface area contributed by atoms with Gasteiger partial charge < -0.3 is 4.74 Å². The van der Waals surface area contributed by atoms with Gasteiger partial charge in [-0.1, -0.05) is 28.1 Å². The minimum Gasteiger partial charge on any atom is -0.488 e. The van der Waals surface area contributed by atoms with E-state index in [1.165, 1.54) is 17.7 Å². The van der Waals surface area contributed by atoms with Gasteiger partial charge in [0, 0.05) is 17.5 Å². The highest BCUT2D eigenvalue weighted by Crippen LogP contribution is 2.26. The SMILES string of the molecule is Cc1cc(CBr)cc(C)c1OCc1ccc([N+](=O)[O-])cc1. The van der Waals surface area contributed by atoms with Gasteiger partial charge in [-0.05, 0) is 48.2 Å². The smallest absolute Gasteiger partial charge is 0.269 e. The second-order valence-electron chi connectivity index (χ2n) is 4.90. The van der Waals surface area contributed by atoms with E-state index in [-0.39, 0.29) is 5.69 Å². The fourth-order valence-corrected chi connectivity index (χ4v) is 2.54. The molecular formula is C16H16BrNO3. The molecule has 0 aromatic heterocycles. The summed E-state index contributed by atoms with van der Waals surface area (Å²) in [5.41, 5.74) is 4.39. The normalized spacial score (nSPS) is 10.4. The number of alkyl halides is 1. The van der Waals surface area contributed by atoms with Crippen LogP contribution >= 0.6 is 15.9 Å². The van der Waals surface area contributed by atoms with Crippen LogP contribution in [0.25, 0.3) is 0 Å². The van der Waals surface area contributed by atoms with Crippen molar-refractivity contribution in [1.29, 1.82) is 0 Å². The minimum atomic E-state index is -0.405. The van der Waals surface area contributed by atoms with Gasteiger partial charge >= 0.3 is 0 Å². The van der Waals surface area contributed by atoms with Crippen LogP contribution in [0, 0.1) is 24.0 Å². The number of halogens is 1. The lowest BCUT2D eigenvalue weighted by molar-refractivity contribution is -0.384. The molecule has 0 radical (unpaired) electrons. The van der Waals surface area contributed by atoms with E-state index in [4.69, 9.17) is 4.74 Å². The Morgan fingerprint density at radius 1 is 1.10 bits per heavy atom. The van der Waals surface area contributed by atoms with Crippen molar-refractivity contribution < 1.29 is 9.66 Å². The monoisotopic (exact) mass is 349 g/mol. The predicted molar refractivity (Wildman–Crippen MR) is 86.0 cm³/mol. The van der Waals surface area contributed by atoms with Crippen LogP contribution in [0.2, 0.25) is 0 Å². The Morgan fingerprint density at radius 3 is 2.14 bits per heavy atom. The van der Waals surface area contributed by atoms with E-state index in [9.17, 15) is 10.1 Å². The van der Waals surface area contributed by atoms with Crippen molar-refractivity contribution in [2.45, 2.75) is 25.8 Å². The van der Waals surface area contributed by atoms with Gasteiger partial charge in [-0.15, -0.1) is 0 Å². The largest absolute Gasteiger partial charge is 0.488 e. The Kier molecular flexibility index (Phi) is 4.96. The van der Waals surface area contributed by atoms with Crippen LogP contribution in [0.4, 0.5) is 5.69 Å². The topological polar surface area (TPSA) is 52.4 Å². The van der Waals surface area contributed by atoms with E-state index in [2.05, 4.69) is 28.1 Å². The molecule has 2 aromatic carbocycles. The summed E-state index contributed by atoms with van der Waals surface area (Å²) in [5.74, 6) is 0.873. The molecule has 0 N–H and O–H groups in total. The number of non-ortho nitro benzene ring substituents is 1. The summed E-state index contributed by atoms with van der Waals surface area (Å²) in [6.45, 7) is 4.43. The summed E-state index contributed by atoms with van der Waals surface area (Å²) in [5, 5.41) is 11.4. The molecule has 0 aliphatic rings. The van der Waals surface area contributed by atoms with E-state index in [1.807, 2.05) is 13.8 Å². The molecule has 0 amide bonds. The van der Waals surface area contributed by atoms with E-state index in [1.54, 1.807) is 12.1 Å². The molecule has 0 spiro atoms. The molecule has 0 atom stereocenters. The number of hydrogen-bond acceptors (Lipinski definition) is 3. The van der Waals surface area contributed by atoms with Gasteiger partial charge in [0.2, 0.25) is 0 Å². The zero-order chi connectivity index (χ0) is 15.4. The molecule has 0 heterocycles. The van der Waals surface area contributed by atoms with Gasteiger partial charge in [-0.2, -0.15) is 0 Å². The van der Waals surface area contributed by atoms with Gasteiger partial charge in [-0.25, -0.2) is 0 Å². The Balaban J connectivity index is 2.11. The van der Waals surface area contributed by atoms with Gasteiger partial charge in [0.1, 0.15) is 12.4 Å². The molecule has 0 aliphatic heterocycles. The molecule has 21 heavy (non-hydrogen) atoms. The zero-order valence-corrected chi connectivity index (χ0v) is 13.5. The number of nitro groups is 1. The number of ether oxygens (including phenoxy) is 1. The summed E-state index contributed by atoms with van der Waals surface area (Å²) in [7, 11) is 0. The van der Waals surface area contributed by atoms with Gasteiger partial charge in [-0.3, -0.25) is 10.1 Å². The maximum Gasteiger partial charge on any atom is 0.269 e. The van der Waals surface area contributed by atoms with Crippen molar-refractivity contribution in [3.8, 4) is 5.75 Å². The second kappa shape index (κ2) is 6.72. The van der Waals surface area contributed by atoms with E-state index in [0.717, 1.165) is 27.8 Å². The summed E-state index contributed by atoms with van der Waals surface area (Å²) in [6, 6.07) is 10.6. The third-order valence-electron chi connectivity index (χ3n) is 3.20. The average Bonchev–Trinajstić information content (AvgIpc) is 2.46. The molecule has 5 heteroatoms. The van der Waals surface area contributed by atoms with Crippen LogP contribution in [0.5, 0.6) is 5.75 Å². The summed E-state index contributed by atoms with van der Waals surface area (Å²) in [6.07, 6.45) is 0. The van der Waals surface area contributed by atoms with E-state index >= 15 is 0 Å². The molecule has 0 saturated carbocycles. The Morgan fingerprint density at radius 2 is 1.67 bits per heavy atom. The summed E-state index contributed by atoms with van der Waals surface area (Å²) in [4.78, 5) is 10.2. The molecule has 0 unspecified atom stereocenters.